The van der Waals surface area contributed by atoms with Gasteiger partial charge in [-0.3, -0.25) is 4.79 Å². The third kappa shape index (κ3) is 1.62. The van der Waals surface area contributed by atoms with Crippen molar-refractivity contribution in [1.82, 2.24) is 5.32 Å². The first-order valence-corrected chi connectivity index (χ1v) is 5.82. The number of amides is 1. The van der Waals surface area contributed by atoms with E-state index in [1.54, 1.807) is 12.1 Å². The number of carbonyl (C=O) groups excluding carboxylic acids is 1. The lowest BCUT2D eigenvalue weighted by Crippen LogP contribution is -2.58. The summed E-state index contributed by atoms with van der Waals surface area (Å²) in [6, 6.07) is 4.52. The van der Waals surface area contributed by atoms with Crippen LogP contribution in [0.15, 0.2) is 18.2 Å². The van der Waals surface area contributed by atoms with Crippen LogP contribution in [0, 0.1) is 0 Å². The lowest BCUT2D eigenvalue weighted by Gasteiger charge is -2.41. The average molecular weight is 247 g/mol. The van der Waals surface area contributed by atoms with Crippen LogP contribution in [0.1, 0.15) is 10.4 Å². The molecule has 0 aromatic heterocycles. The maximum Gasteiger partial charge on any atom is 0.335 e. The van der Waals surface area contributed by atoms with Crippen LogP contribution in [0.25, 0.3) is 0 Å². The SMILES string of the molecule is O=C(O)c1ccc2c(c1)N1CCNCC1C(=O)N2. The number of aromatic carboxylic acids is 1. The van der Waals surface area contributed by atoms with Crippen LogP contribution in [0.4, 0.5) is 11.4 Å². The number of hydrogen-bond donors (Lipinski definition) is 3. The molecular formula is C12H13N3O3. The number of benzene rings is 1. The molecule has 2 aliphatic rings. The topological polar surface area (TPSA) is 81.7 Å². The molecule has 1 aromatic carbocycles. The Kier molecular flexibility index (Phi) is 2.45. The number of piperazine rings is 1. The lowest BCUT2D eigenvalue weighted by atomic mass is 10.0. The van der Waals surface area contributed by atoms with Crippen molar-refractivity contribution in [2.45, 2.75) is 6.04 Å². The Morgan fingerprint density at radius 1 is 1.44 bits per heavy atom. The molecule has 1 atom stereocenters. The van der Waals surface area contributed by atoms with Gasteiger partial charge in [0.2, 0.25) is 5.91 Å². The molecule has 3 N–H and O–H groups in total. The van der Waals surface area contributed by atoms with Crippen molar-refractivity contribution in [3.8, 4) is 0 Å². The highest BCUT2D eigenvalue weighted by molar-refractivity contribution is 6.05. The van der Waals surface area contributed by atoms with Gasteiger partial charge in [0.1, 0.15) is 6.04 Å². The second-order valence-corrected chi connectivity index (χ2v) is 4.44. The maximum absolute atomic E-state index is 11.9. The number of rotatable bonds is 1. The molecule has 0 aliphatic carbocycles. The minimum Gasteiger partial charge on any atom is -0.478 e. The van der Waals surface area contributed by atoms with Gasteiger partial charge < -0.3 is 20.6 Å². The first-order valence-electron chi connectivity index (χ1n) is 5.82. The molecule has 18 heavy (non-hydrogen) atoms. The monoisotopic (exact) mass is 247 g/mol. The Morgan fingerprint density at radius 2 is 2.28 bits per heavy atom. The predicted octanol–water partition coefficient (Wildman–Crippen LogP) is 0.115. The van der Waals surface area contributed by atoms with Crippen molar-refractivity contribution in [1.29, 1.82) is 0 Å². The van der Waals surface area contributed by atoms with Crippen LogP contribution >= 0.6 is 0 Å². The van der Waals surface area contributed by atoms with Crippen molar-refractivity contribution in [2.24, 2.45) is 0 Å². The fourth-order valence-corrected chi connectivity index (χ4v) is 2.45. The van der Waals surface area contributed by atoms with Gasteiger partial charge >= 0.3 is 5.97 Å². The minimum atomic E-state index is -0.957. The molecule has 2 heterocycles. The second-order valence-electron chi connectivity index (χ2n) is 4.44. The van der Waals surface area contributed by atoms with Gasteiger partial charge in [0.25, 0.3) is 0 Å². The first kappa shape index (κ1) is 11.0. The number of nitrogens with one attached hydrogen (secondary N) is 2. The molecule has 0 radical (unpaired) electrons. The van der Waals surface area contributed by atoms with Crippen molar-refractivity contribution in [3.05, 3.63) is 23.8 Å². The van der Waals surface area contributed by atoms with Gasteiger partial charge in [-0.1, -0.05) is 0 Å². The first-order chi connectivity index (χ1) is 8.66. The third-order valence-corrected chi connectivity index (χ3v) is 3.36. The van der Waals surface area contributed by atoms with Gasteiger partial charge in [0, 0.05) is 19.6 Å². The van der Waals surface area contributed by atoms with Gasteiger partial charge in [-0.2, -0.15) is 0 Å². The van der Waals surface area contributed by atoms with Crippen LogP contribution in [0.5, 0.6) is 0 Å². The molecule has 2 aliphatic heterocycles. The number of nitrogens with zero attached hydrogens (tertiary/aromatic N) is 1. The molecule has 6 nitrogen and oxygen atoms in total. The zero-order chi connectivity index (χ0) is 12.7. The van der Waals surface area contributed by atoms with Crippen molar-refractivity contribution >= 4 is 23.3 Å². The summed E-state index contributed by atoms with van der Waals surface area (Å²) in [5.74, 6) is -1.00. The van der Waals surface area contributed by atoms with Crippen LogP contribution in [0.3, 0.4) is 0 Å². The summed E-state index contributed by atoms with van der Waals surface area (Å²) in [7, 11) is 0. The predicted molar refractivity (Wildman–Crippen MR) is 66.0 cm³/mol. The van der Waals surface area contributed by atoms with E-state index in [-0.39, 0.29) is 17.5 Å². The fourth-order valence-electron chi connectivity index (χ4n) is 2.45. The minimum absolute atomic E-state index is 0.0437. The Balaban J connectivity index is 2.06. The van der Waals surface area contributed by atoms with E-state index in [0.29, 0.717) is 18.8 Å². The Hall–Kier alpha value is -2.08. The Morgan fingerprint density at radius 3 is 3.06 bits per heavy atom. The largest absolute Gasteiger partial charge is 0.478 e. The van der Waals surface area contributed by atoms with Crippen LogP contribution in [-0.2, 0) is 4.79 Å². The number of anilines is 2. The van der Waals surface area contributed by atoms with Crippen LogP contribution < -0.4 is 15.5 Å². The lowest BCUT2D eigenvalue weighted by molar-refractivity contribution is -0.117. The quantitative estimate of drug-likeness (QED) is 0.656. The van der Waals surface area contributed by atoms with Gasteiger partial charge in [-0.25, -0.2) is 4.79 Å². The molecule has 1 unspecified atom stereocenters. The molecule has 0 bridgehead atoms. The van der Waals surface area contributed by atoms with E-state index in [4.69, 9.17) is 5.11 Å². The van der Waals surface area contributed by atoms with E-state index in [9.17, 15) is 9.59 Å². The molecule has 0 spiro atoms. The van der Waals surface area contributed by atoms with E-state index in [2.05, 4.69) is 10.6 Å². The summed E-state index contributed by atoms with van der Waals surface area (Å²) >= 11 is 0. The van der Waals surface area contributed by atoms with Gasteiger partial charge in [0.05, 0.1) is 16.9 Å². The standard InChI is InChI=1S/C12H13N3O3/c16-11-10-6-13-3-4-15(10)9-5-7(12(17)18)1-2-8(9)14-11/h1-2,5,10,13H,3-4,6H2,(H,14,16)(H,17,18). The number of carbonyl (C=O) groups is 2. The van der Waals surface area contributed by atoms with E-state index < -0.39 is 5.97 Å². The zero-order valence-corrected chi connectivity index (χ0v) is 9.64. The molecule has 1 aromatic rings. The van der Waals surface area contributed by atoms with Crippen LogP contribution in [0.2, 0.25) is 0 Å². The van der Waals surface area contributed by atoms with Gasteiger partial charge in [0.15, 0.2) is 0 Å². The fraction of sp³-hybridized carbons (Fsp3) is 0.333. The van der Waals surface area contributed by atoms with E-state index in [0.717, 1.165) is 12.2 Å². The highest BCUT2D eigenvalue weighted by atomic mass is 16.4. The molecular weight excluding hydrogens is 234 g/mol. The van der Waals surface area contributed by atoms with E-state index in [1.807, 2.05) is 4.90 Å². The average Bonchev–Trinajstić information content (AvgIpc) is 2.38. The second kappa shape index (κ2) is 3.99. The van der Waals surface area contributed by atoms with Crippen LogP contribution in [-0.4, -0.2) is 42.7 Å². The van der Waals surface area contributed by atoms with Gasteiger partial charge in [-0.05, 0) is 18.2 Å². The summed E-state index contributed by atoms with van der Waals surface area (Å²) in [6.45, 7) is 2.08. The highest BCUT2D eigenvalue weighted by Crippen LogP contribution is 2.33. The number of carboxylic acids is 1. The van der Waals surface area contributed by atoms with Crippen molar-refractivity contribution in [3.63, 3.8) is 0 Å². The Bertz CT molecular complexity index is 529. The normalized spacial score (nSPS) is 21.9. The highest BCUT2D eigenvalue weighted by Gasteiger charge is 2.34. The maximum atomic E-state index is 11.9. The Labute approximate surface area is 104 Å². The summed E-state index contributed by atoms with van der Waals surface area (Å²) in [5, 5.41) is 15.0. The van der Waals surface area contributed by atoms with Crippen molar-refractivity contribution in [2.75, 3.05) is 29.9 Å². The number of carboxylic acid groups (broad SMARTS) is 1. The molecule has 1 saturated heterocycles. The summed E-state index contributed by atoms with van der Waals surface area (Å²) in [5.41, 5.74) is 1.71. The molecule has 0 saturated carbocycles. The summed E-state index contributed by atoms with van der Waals surface area (Å²) in [4.78, 5) is 24.9. The van der Waals surface area contributed by atoms with Crippen molar-refractivity contribution < 1.29 is 14.7 Å². The molecule has 1 fully saturated rings. The molecule has 6 heteroatoms. The molecule has 3 rings (SSSR count). The smallest absolute Gasteiger partial charge is 0.335 e. The zero-order valence-electron chi connectivity index (χ0n) is 9.64. The third-order valence-electron chi connectivity index (χ3n) is 3.36. The molecule has 94 valence electrons. The van der Waals surface area contributed by atoms with Gasteiger partial charge in [-0.15, -0.1) is 0 Å². The number of fused-ring (bicyclic) bond motifs is 3. The summed E-state index contributed by atoms with van der Waals surface area (Å²) < 4.78 is 0. The summed E-state index contributed by atoms with van der Waals surface area (Å²) in [6.07, 6.45) is 0. The molecule has 1 amide bonds. The van der Waals surface area contributed by atoms with E-state index >= 15 is 0 Å². The number of hydrogen-bond acceptors (Lipinski definition) is 4. The van der Waals surface area contributed by atoms with E-state index in [1.165, 1.54) is 6.07 Å².